The highest BCUT2D eigenvalue weighted by Crippen LogP contribution is 2.29. The number of phenols is 1. The lowest BCUT2D eigenvalue weighted by Crippen LogP contribution is -2.37. The standard InChI is InChI=1S/C14H18BrNO2/c1-2-16(9-10-4-3-5-10)14(18)12-7-6-11(15)8-13(12)17/h6-8,10,17H,2-5,9H2,1H3. The molecule has 1 aromatic carbocycles. The number of amides is 1. The average molecular weight is 312 g/mol. The summed E-state index contributed by atoms with van der Waals surface area (Å²) in [7, 11) is 0. The second kappa shape index (κ2) is 5.74. The molecule has 0 atom stereocenters. The number of nitrogens with zero attached hydrogens (tertiary/aromatic N) is 1. The highest BCUT2D eigenvalue weighted by molar-refractivity contribution is 9.10. The van der Waals surface area contributed by atoms with E-state index in [9.17, 15) is 9.90 Å². The molecular formula is C14H18BrNO2. The summed E-state index contributed by atoms with van der Waals surface area (Å²) in [5, 5.41) is 9.83. The molecule has 0 radical (unpaired) electrons. The third kappa shape index (κ3) is 2.86. The Hall–Kier alpha value is -1.03. The van der Waals surface area contributed by atoms with Gasteiger partial charge in [0.1, 0.15) is 5.75 Å². The van der Waals surface area contributed by atoms with E-state index in [2.05, 4.69) is 15.9 Å². The number of aromatic hydroxyl groups is 1. The third-order valence-electron chi connectivity index (χ3n) is 3.56. The van der Waals surface area contributed by atoms with Crippen LogP contribution < -0.4 is 0 Å². The molecule has 0 saturated heterocycles. The normalized spacial score (nSPS) is 15.2. The maximum absolute atomic E-state index is 12.3. The molecule has 18 heavy (non-hydrogen) atoms. The number of hydrogen-bond acceptors (Lipinski definition) is 2. The Morgan fingerprint density at radius 1 is 1.50 bits per heavy atom. The van der Waals surface area contributed by atoms with Gasteiger partial charge in [0, 0.05) is 17.6 Å². The van der Waals surface area contributed by atoms with Gasteiger partial charge < -0.3 is 10.0 Å². The van der Waals surface area contributed by atoms with Crippen LogP contribution in [0.25, 0.3) is 0 Å². The minimum absolute atomic E-state index is 0.0430. The number of carbonyl (C=O) groups excluding carboxylic acids is 1. The summed E-state index contributed by atoms with van der Waals surface area (Å²) in [6.45, 7) is 3.47. The minimum atomic E-state index is -0.0746. The van der Waals surface area contributed by atoms with Crippen LogP contribution in [0.3, 0.4) is 0 Å². The molecule has 0 heterocycles. The van der Waals surface area contributed by atoms with Crippen LogP contribution in [0.5, 0.6) is 5.75 Å². The summed E-state index contributed by atoms with van der Waals surface area (Å²) in [5.74, 6) is 0.613. The number of phenolic OH excluding ortho intramolecular Hbond substituents is 1. The van der Waals surface area contributed by atoms with E-state index >= 15 is 0 Å². The minimum Gasteiger partial charge on any atom is -0.507 e. The summed E-state index contributed by atoms with van der Waals surface area (Å²) >= 11 is 3.28. The van der Waals surface area contributed by atoms with Gasteiger partial charge in [0.25, 0.3) is 5.91 Å². The van der Waals surface area contributed by atoms with Crippen LogP contribution in [0.1, 0.15) is 36.5 Å². The molecule has 1 aliphatic carbocycles. The van der Waals surface area contributed by atoms with Gasteiger partial charge in [-0.2, -0.15) is 0 Å². The number of halogens is 1. The second-order valence-corrected chi connectivity index (χ2v) is 5.72. The Bertz CT molecular complexity index is 443. The maximum Gasteiger partial charge on any atom is 0.257 e. The van der Waals surface area contributed by atoms with Gasteiger partial charge in [0.05, 0.1) is 5.56 Å². The summed E-state index contributed by atoms with van der Waals surface area (Å²) in [6, 6.07) is 5.01. The lowest BCUT2D eigenvalue weighted by molar-refractivity contribution is 0.0703. The molecule has 1 saturated carbocycles. The zero-order valence-electron chi connectivity index (χ0n) is 10.5. The van der Waals surface area contributed by atoms with Gasteiger partial charge in [0.15, 0.2) is 0 Å². The van der Waals surface area contributed by atoms with Crippen molar-refractivity contribution in [3.05, 3.63) is 28.2 Å². The van der Waals surface area contributed by atoms with Crippen LogP contribution in [-0.2, 0) is 0 Å². The lowest BCUT2D eigenvalue weighted by atomic mass is 9.85. The first-order valence-electron chi connectivity index (χ1n) is 6.39. The summed E-state index contributed by atoms with van der Waals surface area (Å²) in [6.07, 6.45) is 3.71. The van der Waals surface area contributed by atoms with E-state index in [1.165, 1.54) is 19.3 Å². The first-order chi connectivity index (χ1) is 8.61. The highest BCUT2D eigenvalue weighted by Gasteiger charge is 2.24. The Labute approximate surface area is 116 Å². The number of hydrogen-bond donors (Lipinski definition) is 1. The number of benzene rings is 1. The molecule has 2 rings (SSSR count). The Balaban J connectivity index is 2.11. The predicted molar refractivity (Wildman–Crippen MR) is 74.7 cm³/mol. The molecule has 1 N–H and O–H groups in total. The van der Waals surface area contributed by atoms with Gasteiger partial charge in [-0.1, -0.05) is 22.4 Å². The quantitative estimate of drug-likeness (QED) is 0.925. The topological polar surface area (TPSA) is 40.5 Å². The van der Waals surface area contributed by atoms with Crippen molar-refractivity contribution in [1.82, 2.24) is 4.90 Å². The van der Waals surface area contributed by atoms with Crippen molar-refractivity contribution in [2.24, 2.45) is 5.92 Å². The van der Waals surface area contributed by atoms with E-state index < -0.39 is 0 Å². The van der Waals surface area contributed by atoms with E-state index in [-0.39, 0.29) is 11.7 Å². The van der Waals surface area contributed by atoms with Crippen molar-refractivity contribution in [2.45, 2.75) is 26.2 Å². The smallest absolute Gasteiger partial charge is 0.257 e. The van der Waals surface area contributed by atoms with Gasteiger partial charge in [0.2, 0.25) is 0 Å². The average Bonchev–Trinajstić information content (AvgIpc) is 2.27. The third-order valence-corrected chi connectivity index (χ3v) is 4.06. The highest BCUT2D eigenvalue weighted by atomic mass is 79.9. The maximum atomic E-state index is 12.3. The van der Waals surface area contributed by atoms with E-state index in [0.29, 0.717) is 18.0 Å². The molecule has 0 spiro atoms. The van der Waals surface area contributed by atoms with Gasteiger partial charge in [-0.05, 0) is 43.9 Å². The molecule has 1 aromatic rings. The van der Waals surface area contributed by atoms with E-state index in [0.717, 1.165) is 11.0 Å². The fourth-order valence-electron chi connectivity index (χ4n) is 2.20. The molecule has 1 amide bonds. The van der Waals surface area contributed by atoms with Crippen molar-refractivity contribution in [3.63, 3.8) is 0 Å². The molecule has 0 unspecified atom stereocenters. The number of carbonyl (C=O) groups is 1. The van der Waals surface area contributed by atoms with Gasteiger partial charge >= 0.3 is 0 Å². The molecule has 98 valence electrons. The number of rotatable bonds is 4. The molecule has 0 bridgehead atoms. The Morgan fingerprint density at radius 3 is 2.72 bits per heavy atom. The molecular weight excluding hydrogens is 294 g/mol. The van der Waals surface area contributed by atoms with Crippen LogP contribution in [0.15, 0.2) is 22.7 Å². The zero-order chi connectivity index (χ0) is 13.1. The molecule has 0 aromatic heterocycles. The van der Waals surface area contributed by atoms with Crippen molar-refractivity contribution in [1.29, 1.82) is 0 Å². The van der Waals surface area contributed by atoms with Crippen LogP contribution in [0, 0.1) is 5.92 Å². The predicted octanol–water partition coefficient (Wildman–Crippen LogP) is 3.42. The van der Waals surface area contributed by atoms with Crippen LogP contribution >= 0.6 is 15.9 Å². The van der Waals surface area contributed by atoms with E-state index in [1.54, 1.807) is 18.2 Å². The first-order valence-corrected chi connectivity index (χ1v) is 7.19. The monoisotopic (exact) mass is 311 g/mol. The Kier molecular flexibility index (Phi) is 4.27. The largest absolute Gasteiger partial charge is 0.507 e. The molecule has 1 fully saturated rings. The molecule has 0 aliphatic heterocycles. The van der Waals surface area contributed by atoms with Gasteiger partial charge in [-0.25, -0.2) is 0 Å². The fourth-order valence-corrected chi connectivity index (χ4v) is 2.55. The fraction of sp³-hybridized carbons (Fsp3) is 0.500. The van der Waals surface area contributed by atoms with Crippen LogP contribution in [0.4, 0.5) is 0 Å². The summed E-state index contributed by atoms with van der Waals surface area (Å²) in [5.41, 5.74) is 0.388. The SMILES string of the molecule is CCN(CC1CCC1)C(=O)c1ccc(Br)cc1O. The van der Waals surface area contributed by atoms with E-state index in [4.69, 9.17) is 0 Å². The Morgan fingerprint density at radius 2 is 2.22 bits per heavy atom. The molecule has 1 aliphatic rings. The van der Waals surface area contributed by atoms with Crippen molar-refractivity contribution in [3.8, 4) is 5.75 Å². The van der Waals surface area contributed by atoms with E-state index in [1.807, 2.05) is 11.8 Å². The summed E-state index contributed by atoms with van der Waals surface area (Å²) < 4.78 is 0.776. The van der Waals surface area contributed by atoms with Crippen molar-refractivity contribution in [2.75, 3.05) is 13.1 Å². The molecule has 3 nitrogen and oxygen atoms in total. The summed E-state index contributed by atoms with van der Waals surface area (Å²) in [4.78, 5) is 14.2. The van der Waals surface area contributed by atoms with Gasteiger partial charge in [-0.3, -0.25) is 4.79 Å². The second-order valence-electron chi connectivity index (χ2n) is 4.80. The van der Waals surface area contributed by atoms with Crippen LogP contribution in [-0.4, -0.2) is 29.0 Å². The van der Waals surface area contributed by atoms with Crippen molar-refractivity contribution >= 4 is 21.8 Å². The molecule has 4 heteroatoms. The van der Waals surface area contributed by atoms with Crippen LogP contribution in [0.2, 0.25) is 0 Å². The van der Waals surface area contributed by atoms with Gasteiger partial charge in [-0.15, -0.1) is 0 Å². The van der Waals surface area contributed by atoms with Crippen molar-refractivity contribution < 1.29 is 9.90 Å². The lowest BCUT2D eigenvalue weighted by Gasteiger charge is -2.32. The zero-order valence-corrected chi connectivity index (χ0v) is 12.1. The first kappa shape index (κ1) is 13.4.